The number of carbonyl (C=O) groups is 2. The third-order valence-corrected chi connectivity index (χ3v) is 9.34. The Morgan fingerprint density at radius 2 is 1.25 bits per heavy atom. The third kappa shape index (κ3) is 35.1. The van der Waals surface area contributed by atoms with Gasteiger partial charge in [-0.1, -0.05) is 139 Å². The molecule has 11 nitrogen and oxygen atoms in total. The summed E-state index contributed by atoms with van der Waals surface area (Å²) < 4.78 is 32.5. The van der Waals surface area contributed by atoms with E-state index in [0.29, 0.717) is 25.7 Å². The Balaban J connectivity index is 4.50. The number of hydrogen-bond donors (Lipinski definition) is 4. The molecule has 0 saturated carbocycles. The topological polar surface area (TPSA) is 169 Å². The van der Waals surface area contributed by atoms with E-state index in [0.717, 1.165) is 44.4 Å². The van der Waals surface area contributed by atoms with Crippen LogP contribution in [-0.4, -0.2) is 76.9 Å². The zero-order valence-corrected chi connectivity index (χ0v) is 33.6. The number of phosphoric ester groups is 1. The van der Waals surface area contributed by atoms with Crippen molar-refractivity contribution in [2.45, 2.75) is 155 Å². The molecule has 0 bridgehead atoms. The van der Waals surface area contributed by atoms with Gasteiger partial charge in [0.15, 0.2) is 6.10 Å². The second kappa shape index (κ2) is 35.3. The van der Waals surface area contributed by atoms with Gasteiger partial charge in [0.25, 0.3) is 0 Å². The van der Waals surface area contributed by atoms with Crippen LogP contribution in [0, 0.1) is 5.92 Å². The number of aliphatic hydroxyl groups is 3. The number of ether oxygens (including phenoxy) is 2. The van der Waals surface area contributed by atoms with Crippen molar-refractivity contribution in [1.82, 2.24) is 0 Å². The van der Waals surface area contributed by atoms with Crippen molar-refractivity contribution in [2.75, 3.05) is 26.4 Å². The first-order valence-electron chi connectivity index (χ1n) is 19.7. The molecule has 0 aliphatic rings. The van der Waals surface area contributed by atoms with Crippen molar-refractivity contribution < 1.29 is 52.9 Å². The van der Waals surface area contributed by atoms with Gasteiger partial charge < -0.3 is 29.7 Å². The van der Waals surface area contributed by atoms with Gasteiger partial charge in [0.1, 0.15) is 12.7 Å². The molecule has 12 heteroatoms. The van der Waals surface area contributed by atoms with Gasteiger partial charge in [-0.25, -0.2) is 4.57 Å². The molecule has 0 aromatic carbocycles. The molecule has 0 aliphatic heterocycles. The van der Waals surface area contributed by atoms with E-state index in [2.05, 4.69) is 42.7 Å². The van der Waals surface area contributed by atoms with E-state index < -0.39 is 57.9 Å². The maximum atomic E-state index is 12.5. The minimum absolute atomic E-state index is 0.0900. The summed E-state index contributed by atoms with van der Waals surface area (Å²) in [5, 5.41) is 27.7. The molecular formula is C41H71O11P. The largest absolute Gasteiger partial charge is 0.472 e. The molecule has 0 aromatic rings. The molecule has 0 saturated heterocycles. The zero-order chi connectivity index (χ0) is 39.4. The van der Waals surface area contributed by atoms with E-state index in [1.807, 2.05) is 37.3 Å². The van der Waals surface area contributed by atoms with Gasteiger partial charge in [0.05, 0.1) is 25.9 Å². The Kier molecular flexibility index (Phi) is 33.8. The lowest BCUT2D eigenvalue weighted by Gasteiger charge is -2.20. The van der Waals surface area contributed by atoms with Crippen LogP contribution in [0.4, 0.5) is 0 Å². The molecule has 0 radical (unpaired) electrons. The van der Waals surface area contributed by atoms with Crippen LogP contribution in [-0.2, 0) is 32.7 Å². The summed E-state index contributed by atoms with van der Waals surface area (Å²) in [6.45, 7) is 4.25. The van der Waals surface area contributed by atoms with Gasteiger partial charge in [0.2, 0.25) is 0 Å². The lowest BCUT2D eigenvalue weighted by molar-refractivity contribution is -0.161. The number of unbranched alkanes of at least 4 members (excludes halogenated alkanes) is 8. The number of aliphatic hydroxyl groups excluding tert-OH is 3. The van der Waals surface area contributed by atoms with Crippen LogP contribution >= 0.6 is 7.82 Å². The predicted molar refractivity (Wildman–Crippen MR) is 211 cm³/mol. The van der Waals surface area contributed by atoms with Crippen LogP contribution in [0.2, 0.25) is 0 Å². The Labute approximate surface area is 319 Å². The molecule has 0 aliphatic carbocycles. The average Bonchev–Trinajstić information content (AvgIpc) is 3.15. The first-order valence-corrected chi connectivity index (χ1v) is 21.2. The van der Waals surface area contributed by atoms with Crippen LogP contribution in [0.15, 0.2) is 60.8 Å². The summed E-state index contributed by atoms with van der Waals surface area (Å²) in [6.07, 6.45) is 33.0. The number of hydrogen-bond acceptors (Lipinski definition) is 10. The molecule has 306 valence electrons. The summed E-state index contributed by atoms with van der Waals surface area (Å²) in [5.41, 5.74) is 0. The fourth-order valence-corrected chi connectivity index (χ4v) is 5.57. The monoisotopic (exact) mass is 770 g/mol. The fourth-order valence-electron chi connectivity index (χ4n) is 4.78. The van der Waals surface area contributed by atoms with Crippen molar-refractivity contribution in [3.05, 3.63) is 60.8 Å². The molecular weight excluding hydrogens is 699 g/mol. The van der Waals surface area contributed by atoms with Crippen LogP contribution in [0.3, 0.4) is 0 Å². The van der Waals surface area contributed by atoms with Crippen molar-refractivity contribution in [2.24, 2.45) is 5.92 Å². The summed E-state index contributed by atoms with van der Waals surface area (Å²) >= 11 is 0. The average molecular weight is 771 g/mol. The molecule has 5 atom stereocenters. The van der Waals surface area contributed by atoms with Gasteiger partial charge >= 0.3 is 19.8 Å². The van der Waals surface area contributed by atoms with Gasteiger partial charge in [0, 0.05) is 12.8 Å². The zero-order valence-electron chi connectivity index (χ0n) is 32.7. The lowest BCUT2D eigenvalue weighted by Crippen LogP contribution is -2.29. The highest BCUT2D eigenvalue weighted by atomic mass is 31.2. The van der Waals surface area contributed by atoms with E-state index >= 15 is 0 Å². The Hall–Kier alpha value is -2.37. The van der Waals surface area contributed by atoms with Crippen molar-refractivity contribution in [3.8, 4) is 0 Å². The van der Waals surface area contributed by atoms with E-state index in [1.54, 1.807) is 6.08 Å². The first kappa shape index (κ1) is 50.6. The highest BCUT2D eigenvalue weighted by Crippen LogP contribution is 2.43. The normalized spacial score (nSPS) is 15.8. The fraction of sp³-hybridized carbons (Fsp3) is 0.707. The number of carbonyl (C=O) groups excluding carboxylic acids is 2. The highest BCUT2D eigenvalue weighted by molar-refractivity contribution is 7.47. The van der Waals surface area contributed by atoms with Crippen molar-refractivity contribution in [3.63, 3.8) is 0 Å². The number of allylic oxidation sites excluding steroid dienone is 9. The molecule has 0 fully saturated rings. The van der Waals surface area contributed by atoms with E-state index in [-0.39, 0.29) is 19.4 Å². The lowest BCUT2D eigenvalue weighted by atomic mass is 9.99. The second-order valence-electron chi connectivity index (χ2n) is 13.4. The number of rotatable bonds is 35. The van der Waals surface area contributed by atoms with Gasteiger partial charge in [-0.3, -0.25) is 18.6 Å². The van der Waals surface area contributed by atoms with Gasteiger partial charge in [-0.2, -0.15) is 0 Å². The highest BCUT2D eigenvalue weighted by Gasteiger charge is 2.27. The second-order valence-corrected chi connectivity index (χ2v) is 14.8. The molecule has 0 heterocycles. The summed E-state index contributed by atoms with van der Waals surface area (Å²) in [7, 11) is -4.64. The standard InChI is InChI=1S/C41H71O11P/c1-4-36(3)28-24-20-16-14-15-18-22-26-30-40(45)49-34-39(35-51-53(47,48)50-33-38(44)32-42)52-41(46)31-27-23-19-13-11-9-7-6-8-10-12-17-21-25-29-37(43)5-2/h7-10,13,17,19,21,25,29,36-39,42-44H,4-6,11-12,14-16,18,20,22-24,26-28,30-35H2,1-3H3,(H,47,48)/b9-7-,10-8-,19-13-,21-17-,29-25+/t36?,37-,38+,39-/m1/s1. The number of phosphoric acid groups is 1. The SMILES string of the molecule is CCC(C)CCCCCCCCCCC(=O)OC[C@H](COP(=O)(O)OC[C@@H](O)CO)OC(=O)CCC/C=C\C/C=C\C/C=C\C/C=C\C=C\[C@H](O)CC. The Morgan fingerprint density at radius 3 is 1.87 bits per heavy atom. The third-order valence-electron chi connectivity index (χ3n) is 8.38. The summed E-state index contributed by atoms with van der Waals surface area (Å²) in [6, 6.07) is 0. The van der Waals surface area contributed by atoms with Crippen molar-refractivity contribution in [1.29, 1.82) is 0 Å². The van der Waals surface area contributed by atoms with Crippen LogP contribution in [0.1, 0.15) is 136 Å². The Morgan fingerprint density at radius 1 is 0.679 bits per heavy atom. The van der Waals surface area contributed by atoms with E-state index in [1.165, 1.54) is 38.5 Å². The smallest absolute Gasteiger partial charge is 0.462 e. The predicted octanol–water partition coefficient (Wildman–Crippen LogP) is 8.77. The molecule has 0 spiro atoms. The molecule has 0 amide bonds. The van der Waals surface area contributed by atoms with Crippen LogP contribution in [0.25, 0.3) is 0 Å². The summed E-state index contributed by atoms with van der Waals surface area (Å²) in [4.78, 5) is 34.8. The molecule has 0 aromatic heterocycles. The molecule has 53 heavy (non-hydrogen) atoms. The maximum Gasteiger partial charge on any atom is 0.472 e. The molecule has 0 rings (SSSR count). The van der Waals surface area contributed by atoms with Crippen LogP contribution in [0.5, 0.6) is 0 Å². The van der Waals surface area contributed by atoms with Gasteiger partial charge in [-0.05, 0) is 50.9 Å². The molecule has 4 N–H and O–H groups in total. The van der Waals surface area contributed by atoms with E-state index in [4.69, 9.17) is 19.1 Å². The first-order chi connectivity index (χ1) is 25.5. The van der Waals surface area contributed by atoms with Crippen molar-refractivity contribution >= 4 is 19.8 Å². The summed E-state index contributed by atoms with van der Waals surface area (Å²) in [5.74, 6) is -0.214. The van der Waals surface area contributed by atoms with E-state index in [9.17, 15) is 29.3 Å². The minimum Gasteiger partial charge on any atom is -0.462 e. The van der Waals surface area contributed by atoms with Crippen LogP contribution < -0.4 is 0 Å². The number of esters is 2. The Bertz CT molecular complexity index is 1100. The quantitative estimate of drug-likeness (QED) is 0.0160. The minimum atomic E-state index is -4.64. The van der Waals surface area contributed by atoms with Gasteiger partial charge in [-0.15, -0.1) is 0 Å². The maximum absolute atomic E-state index is 12.5. The molecule has 2 unspecified atom stereocenters.